The number of nitrogens with one attached hydrogen (secondary N) is 1. The second-order valence-electron chi connectivity index (χ2n) is 7.32. The van der Waals surface area contributed by atoms with E-state index in [4.69, 9.17) is 4.89 Å². The first-order chi connectivity index (χ1) is 14.7. The summed E-state index contributed by atoms with van der Waals surface area (Å²) < 4.78 is 0. The summed E-state index contributed by atoms with van der Waals surface area (Å²) in [4.78, 5) is 20.4. The molecule has 0 saturated carbocycles. The molecule has 0 aliphatic carbocycles. The molecule has 0 atom stereocenters. The van der Waals surface area contributed by atoms with Crippen LogP contribution in [0.5, 0.6) is 5.75 Å². The van der Waals surface area contributed by atoms with Crippen molar-refractivity contribution in [3.8, 4) is 5.75 Å². The molecule has 0 saturated heterocycles. The van der Waals surface area contributed by atoms with Gasteiger partial charge in [-0.1, -0.05) is 72.8 Å². The van der Waals surface area contributed by atoms with E-state index in [0.717, 1.165) is 37.9 Å². The second-order valence-corrected chi connectivity index (χ2v) is 7.32. The van der Waals surface area contributed by atoms with E-state index in [0.29, 0.717) is 11.7 Å². The smallest absolute Gasteiger partial charge is 0.317 e. The Morgan fingerprint density at radius 3 is 2.17 bits per heavy atom. The van der Waals surface area contributed by atoms with Gasteiger partial charge in [0.1, 0.15) is 0 Å². The Hall–Kier alpha value is -3.11. The normalized spacial score (nSPS) is 10.7. The minimum Gasteiger partial charge on any atom is -0.317 e. The van der Waals surface area contributed by atoms with E-state index in [-0.39, 0.29) is 0 Å². The maximum atomic E-state index is 10.8. The van der Waals surface area contributed by atoms with Gasteiger partial charge >= 0.3 is 5.97 Å². The number of carbonyl (C=O) groups excluding carboxylic acids is 1. The molecule has 0 unspecified atom stereocenters. The van der Waals surface area contributed by atoms with Crippen LogP contribution in [-0.2, 0) is 16.1 Å². The zero-order valence-corrected chi connectivity index (χ0v) is 17.4. The molecule has 3 aromatic rings. The van der Waals surface area contributed by atoms with Crippen LogP contribution in [0.4, 0.5) is 0 Å². The van der Waals surface area contributed by atoms with E-state index in [1.54, 1.807) is 6.07 Å². The maximum Gasteiger partial charge on any atom is 0.352 e. The maximum absolute atomic E-state index is 10.8. The van der Waals surface area contributed by atoms with Gasteiger partial charge in [0, 0.05) is 12.8 Å². The standard InChI is InChI=1S/C26H29NO3/c1-21(28)29-30-25-16-8-10-22(20-25)11-9-18-27-19-17-26(23-12-4-2-5-13-23)24-14-6-3-7-15-24/h2-8,10,12-16,20,26-27H,9,11,17-19H2,1H3. The van der Waals surface area contributed by atoms with E-state index < -0.39 is 5.97 Å². The summed E-state index contributed by atoms with van der Waals surface area (Å²) in [6, 6.07) is 29.1. The minimum atomic E-state index is -0.464. The lowest BCUT2D eigenvalue weighted by Gasteiger charge is -2.18. The average molecular weight is 404 g/mol. The molecule has 0 bridgehead atoms. The molecular weight excluding hydrogens is 374 g/mol. The lowest BCUT2D eigenvalue weighted by Crippen LogP contribution is -2.19. The first kappa shape index (κ1) is 21.6. The Kier molecular flexibility index (Phi) is 8.48. The lowest BCUT2D eigenvalue weighted by molar-refractivity contribution is -0.210. The molecule has 1 N–H and O–H groups in total. The SMILES string of the molecule is CC(=O)OOc1cccc(CCCNCCC(c2ccccc2)c2ccccc2)c1. The van der Waals surface area contributed by atoms with Gasteiger partial charge < -0.3 is 5.32 Å². The zero-order chi connectivity index (χ0) is 21.0. The van der Waals surface area contributed by atoms with E-state index in [1.165, 1.54) is 18.1 Å². The summed E-state index contributed by atoms with van der Waals surface area (Å²) in [5, 5.41) is 3.58. The van der Waals surface area contributed by atoms with Crippen LogP contribution in [-0.4, -0.2) is 19.1 Å². The van der Waals surface area contributed by atoms with Crippen LogP contribution >= 0.6 is 0 Å². The van der Waals surface area contributed by atoms with Crippen molar-refractivity contribution in [3.05, 3.63) is 102 Å². The van der Waals surface area contributed by atoms with Gasteiger partial charge in [0.2, 0.25) is 0 Å². The monoisotopic (exact) mass is 403 g/mol. The topological polar surface area (TPSA) is 47.6 Å². The van der Waals surface area contributed by atoms with Crippen molar-refractivity contribution in [1.29, 1.82) is 0 Å². The van der Waals surface area contributed by atoms with E-state index in [9.17, 15) is 4.79 Å². The van der Waals surface area contributed by atoms with Crippen LogP contribution in [0.3, 0.4) is 0 Å². The Morgan fingerprint density at radius 1 is 0.867 bits per heavy atom. The highest BCUT2D eigenvalue weighted by Gasteiger charge is 2.13. The third-order valence-electron chi connectivity index (χ3n) is 4.99. The van der Waals surface area contributed by atoms with Gasteiger partial charge in [-0.05, 0) is 61.2 Å². The van der Waals surface area contributed by atoms with Crippen LogP contribution in [0, 0.1) is 0 Å². The van der Waals surface area contributed by atoms with Gasteiger partial charge in [-0.2, -0.15) is 0 Å². The van der Waals surface area contributed by atoms with Crippen molar-refractivity contribution in [3.63, 3.8) is 0 Å². The van der Waals surface area contributed by atoms with Crippen LogP contribution < -0.4 is 10.2 Å². The lowest BCUT2D eigenvalue weighted by atomic mass is 9.88. The fourth-order valence-electron chi connectivity index (χ4n) is 3.55. The van der Waals surface area contributed by atoms with E-state index in [2.05, 4.69) is 76.9 Å². The minimum absolute atomic E-state index is 0.398. The summed E-state index contributed by atoms with van der Waals surface area (Å²) in [6.45, 7) is 3.23. The van der Waals surface area contributed by atoms with Crippen molar-refractivity contribution >= 4 is 5.97 Å². The van der Waals surface area contributed by atoms with Gasteiger partial charge in [0.25, 0.3) is 0 Å². The van der Waals surface area contributed by atoms with Crippen LogP contribution in [0.25, 0.3) is 0 Å². The Morgan fingerprint density at radius 2 is 1.53 bits per heavy atom. The largest absolute Gasteiger partial charge is 0.352 e. The highest BCUT2D eigenvalue weighted by atomic mass is 17.2. The summed E-state index contributed by atoms with van der Waals surface area (Å²) in [5.41, 5.74) is 3.87. The highest BCUT2D eigenvalue weighted by molar-refractivity contribution is 5.65. The van der Waals surface area contributed by atoms with Gasteiger partial charge in [0.15, 0.2) is 5.75 Å². The zero-order valence-electron chi connectivity index (χ0n) is 17.4. The molecule has 0 amide bonds. The first-order valence-electron chi connectivity index (χ1n) is 10.5. The molecule has 0 spiro atoms. The predicted octanol–water partition coefficient (Wildman–Crippen LogP) is 5.29. The predicted molar refractivity (Wildman–Crippen MR) is 119 cm³/mol. The van der Waals surface area contributed by atoms with Crippen LogP contribution in [0.2, 0.25) is 0 Å². The third kappa shape index (κ3) is 7.05. The second kappa shape index (κ2) is 11.8. The molecule has 30 heavy (non-hydrogen) atoms. The molecule has 0 aliphatic heterocycles. The number of benzene rings is 3. The summed E-state index contributed by atoms with van der Waals surface area (Å²) >= 11 is 0. The van der Waals surface area contributed by atoms with E-state index in [1.807, 2.05) is 12.1 Å². The van der Waals surface area contributed by atoms with E-state index >= 15 is 0 Å². The molecule has 0 aromatic heterocycles. The van der Waals surface area contributed by atoms with Gasteiger partial charge in [-0.15, -0.1) is 0 Å². The van der Waals surface area contributed by atoms with Crippen molar-refractivity contribution in [2.45, 2.75) is 32.1 Å². The molecule has 3 rings (SSSR count). The molecule has 156 valence electrons. The molecule has 3 aromatic carbocycles. The number of hydrogen-bond acceptors (Lipinski definition) is 4. The average Bonchev–Trinajstić information content (AvgIpc) is 2.79. The first-order valence-corrected chi connectivity index (χ1v) is 10.5. The molecule has 4 nitrogen and oxygen atoms in total. The number of rotatable bonds is 11. The number of hydrogen-bond donors (Lipinski definition) is 1. The molecular formula is C26H29NO3. The Labute approximate surface area is 178 Å². The fourth-order valence-corrected chi connectivity index (χ4v) is 3.55. The fraction of sp³-hybridized carbons (Fsp3) is 0.269. The van der Waals surface area contributed by atoms with Gasteiger partial charge in [-0.25, -0.2) is 4.79 Å². The third-order valence-corrected chi connectivity index (χ3v) is 4.99. The van der Waals surface area contributed by atoms with Crippen molar-refractivity contribution in [2.75, 3.05) is 13.1 Å². The Bertz CT molecular complexity index is 857. The molecule has 0 radical (unpaired) electrons. The number of carbonyl (C=O) groups is 1. The van der Waals surface area contributed by atoms with Crippen molar-refractivity contribution < 1.29 is 14.6 Å². The Balaban J connectivity index is 1.44. The molecule has 0 fully saturated rings. The van der Waals surface area contributed by atoms with Crippen molar-refractivity contribution in [1.82, 2.24) is 5.32 Å². The quantitative estimate of drug-likeness (QED) is 0.269. The van der Waals surface area contributed by atoms with Crippen LogP contribution in [0.15, 0.2) is 84.9 Å². The van der Waals surface area contributed by atoms with Gasteiger partial charge in [0.05, 0.1) is 0 Å². The van der Waals surface area contributed by atoms with Crippen LogP contribution in [0.1, 0.15) is 42.4 Å². The summed E-state index contributed by atoms with van der Waals surface area (Å²) in [5.74, 6) is 0.480. The molecule has 0 heterocycles. The molecule has 4 heteroatoms. The van der Waals surface area contributed by atoms with Crippen molar-refractivity contribution in [2.24, 2.45) is 0 Å². The summed E-state index contributed by atoms with van der Waals surface area (Å²) in [6.07, 6.45) is 3.02. The highest BCUT2D eigenvalue weighted by Crippen LogP contribution is 2.27. The molecule has 0 aliphatic rings. The number of aryl methyl sites for hydroxylation is 1. The van der Waals surface area contributed by atoms with Gasteiger partial charge in [-0.3, -0.25) is 9.78 Å². The summed E-state index contributed by atoms with van der Waals surface area (Å²) in [7, 11) is 0.